The molecular formula is C20H18F3N3O4. The highest BCUT2D eigenvalue weighted by molar-refractivity contribution is 6.21. The van der Waals surface area contributed by atoms with Crippen LogP contribution in [0.25, 0.3) is 0 Å². The second-order valence-corrected chi connectivity index (χ2v) is 7.18. The molecule has 4 rings (SSSR count). The number of rotatable bonds is 4. The molecule has 0 saturated carbocycles. The molecule has 2 aliphatic heterocycles. The molecule has 1 N–H and O–H groups in total. The van der Waals surface area contributed by atoms with Gasteiger partial charge < -0.3 is 14.8 Å². The zero-order valence-electron chi connectivity index (χ0n) is 16.1. The highest BCUT2D eigenvalue weighted by Gasteiger charge is 2.57. The third-order valence-corrected chi connectivity index (χ3v) is 5.28. The van der Waals surface area contributed by atoms with Gasteiger partial charge in [-0.25, -0.2) is 14.7 Å². The van der Waals surface area contributed by atoms with Gasteiger partial charge in [0.05, 0.1) is 18.5 Å². The Labute approximate surface area is 169 Å². The van der Waals surface area contributed by atoms with Crippen LogP contribution in [0.3, 0.4) is 0 Å². The van der Waals surface area contributed by atoms with E-state index in [1.165, 1.54) is 36.5 Å². The standard InChI is InChI=1S/C20H18F3N3O4/c1-3-15-17(27)26(18(28)25-15)12-5-7-16(24-9-12)30-13-6-4-11-10-29-19(2,14(11)8-13)20(21,22)23/h4-9,15H,3,10H2,1-2H3,(H,25,28)/t15-,19?/m0/s1. The molecule has 7 nitrogen and oxygen atoms in total. The molecule has 0 aliphatic carbocycles. The quantitative estimate of drug-likeness (QED) is 0.755. The van der Waals surface area contributed by atoms with Crippen molar-refractivity contribution in [3.8, 4) is 11.6 Å². The highest BCUT2D eigenvalue weighted by Crippen LogP contribution is 2.48. The maximum atomic E-state index is 13.4. The molecule has 1 saturated heterocycles. The van der Waals surface area contributed by atoms with E-state index in [9.17, 15) is 22.8 Å². The van der Waals surface area contributed by atoms with Crippen LogP contribution in [0.15, 0.2) is 36.5 Å². The van der Waals surface area contributed by atoms with Crippen LogP contribution in [0.1, 0.15) is 31.4 Å². The second-order valence-electron chi connectivity index (χ2n) is 7.18. The Balaban J connectivity index is 1.55. The molecule has 0 bridgehead atoms. The van der Waals surface area contributed by atoms with Crippen LogP contribution in [0.2, 0.25) is 0 Å². The number of carbonyl (C=O) groups excluding carboxylic acids is 2. The second kappa shape index (κ2) is 6.98. The number of hydrogen-bond donors (Lipinski definition) is 1. The lowest BCUT2D eigenvalue weighted by atomic mass is 9.93. The van der Waals surface area contributed by atoms with Crippen molar-refractivity contribution >= 4 is 17.6 Å². The fourth-order valence-corrected chi connectivity index (χ4v) is 3.46. The SMILES string of the molecule is CC[C@@H]1NC(=O)N(c2ccc(Oc3ccc4c(c3)C(C)(C(F)(F)F)OC4)nc2)C1=O. The summed E-state index contributed by atoms with van der Waals surface area (Å²) >= 11 is 0. The van der Waals surface area contributed by atoms with E-state index in [2.05, 4.69) is 10.3 Å². The zero-order chi connectivity index (χ0) is 21.7. The summed E-state index contributed by atoms with van der Waals surface area (Å²) in [4.78, 5) is 29.3. The van der Waals surface area contributed by atoms with Crippen molar-refractivity contribution in [3.63, 3.8) is 0 Å². The Morgan fingerprint density at radius 2 is 2.07 bits per heavy atom. The first kappa shape index (κ1) is 20.1. The Morgan fingerprint density at radius 1 is 1.30 bits per heavy atom. The number of benzene rings is 1. The van der Waals surface area contributed by atoms with Crippen LogP contribution in [0.4, 0.5) is 23.7 Å². The number of nitrogens with one attached hydrogen (secondary N) is 1. The molecule has 1 unspecified atom stereocenters. The van der Waals surface area contributed by atoms with E-state index >= 15 is 0 Å². The van der Waals surface area contributed by atoms with Crippen molar-refractivity contribution in [3.05, 3.63) is 47.7 Å². The highest BCUT2D eigenvalue weighted by atomic mass is 19.4. The van der Waals surface area contributed by atoms with Crippen molar-refractivity contribution in [2.45, 2.75) is 44.7 Å². The van der Waals surface area contributed by atoms with E-state index in [0.717, 1.165) is 11.8 Å². The minimum Gasteiger partial charge on any atom is -0.439 e. The zero-order valence-corrected chi connectivity index (χ0v) is 16.1. The summed E-state index contributed by atoms with van der Waals surface area (Å²) in [7, 11) is 0. The predicted molar refractivity (Wildman–Crippen MR) is 99.0 cm³/mol. The molecule has 2 aliphatic rings. The maximum Gasteiger partial charge on any atom is 0.421 e. The van der Waals surface area contributed by atoms with Gasteiger partial charge in [-0.1, -0.05) is 13.0 Å². The molecule has 0 spiro atoms. The summed E-state index contributed by atoms with van der Waals surface area (Å²) in [6.45, 7) is 2.63. The van der Waals surface area contributed by atoms with Crippen LogP contribution in [0.5, 0.6) is 11.6 Å². The number of aromatic nitrogens is 1. The molecule has 2 atom stereocenters. The number of amides is 3. The summed E-state index contributed by atoms with van der Waals surface area (Å²) in [5, 5.41) is 2.57. The number of alkyl halides is 3. The Hall–Kier alpha value is -3.14. The van der Waals surface area contributed by atoms with Gasteiger partial charge in [-0.15, -0.1) is 0 Å². The number of imide groups is 1. The number of halogens is 3. The minimum atomic E-state index is -4.57. The van der Waals surface area contributed by atoms with E-state index in [1.54, 1.807) is 6.92 Å². The van der Waals surface area contributed by atoms with E-state index < -0.39 is 23.9 Å². The van der Waals surface area contributed by atoms with Gasteiger partial charge in [0.1, 0.15) is 11.8 Å². The van der Waals surface area contributed by atoms with E-state index in [4.69, 9.17) is 9.47 Å². The van der Waals surface area contributed by atoms with Gasteiger partial charge in [-0.05, 0) is 37.1 Å². The molecule has 1 aromatic carbocycles. The number of hydrogen-bond acceptors (Lipinski definition) is 5. The summed E-state index contributed by atoms with van der Waals surface area (Å²) in [6, 6.07) is 6.14. The third-order valence-electron chi connectivity index (χ3n) is 5.28. The lowest BCUT2D eigenvalue weighted by Gasteiger charge is -2.27. The maximum absolute atomic E-state index is 13.4. The van der Waals surface area contributed by atoms with Crippen LogP contribution < -0.4 is 15.0 Å². The van der Waals surface area contributed by atoms with Crippen LogP contribution >= 0.6 is 0 Å². The molecule has 30 heavy (non-hydrogen) atoms. The summed E-state index contributed by atoms with van der Waals surface area (Å²) in [6.07, 6.45) is -2.81. The lowest BCUT2D eigenvalue weighted by molar-refractivity contribution is -0.272. The van der Waals surface area contributed by atoms with Crippen molar-refractivity contribution in [2.24, 2.45) is 0 Å². The number of fused-ring (bicyclic) bond motifs is 1. The molecular weight excluding hydrogens is 403 g/mol. The molecule has 10 heteroatoms. The van der Waals surface area contributed by atoms with Gasteiger partial charge in [0.15, 0.2) is 5.60 Å². The molecule has 1 fully saturated rings. The normalized spacial score (nSPS) is 23.5. The van der Waals surface area contributed by atoms with Gasteiger partial charge in [-0.2, -0.15) is 13.2 Å². The van der Waals surface area contributed by atoms with Crippen LogP contribution in [-0.2, 0) is 21.7 Å². The smallest absolute Gasteiger partial charge is 0.421 e. The summed E-state index contributed by atoms with van der Waals surface area (Å²) in [5.74, 6) is -0.107. The van der Waals surface area contributed by atoms with E-state index in [-0.39, 0.29) is 35.4 Å². The average molecular weight is 421 g/mol. The molecule has 0 radical (unpaired) electrons. The largest absolute Gasteiger partial charge is 0.439 e. The van der Waals surface area contributed by atoms with Crippen LogP contribution in [0, 0.1) is 0 Å². The molecule has 3 amide bonds. The van der Waals surface area contributed by atoms with Gasteiger partial charge in [0.25, 0.3) is 5.91 Å². The van der Waals surface area contributed by atoms with Crippen LogP contribution in [-0.4, -0.2) is 29.1 Å². The first-order valence-corrected chi connectivity index (χ1v) is 9.26. The number of anilines is 1. The van der Waals surface area contributed by atoms with Gasteiger partial charge in [0, 0.05) is 11.6 Å². The number of carbonyl (C=O) groups is 2. The summed E-state index contributed by atoms with van der Waals surface area (Å²) < 4.78 is 50.9. The van der Waals surface area contributed by atoms with Gasteiger partial charge >= 0.3 is 12.2 Å². The van der Waals surface area contributed by atoms with Crippen molar-refractivity contribution in [1.82, 2.24) is 10.3 Å². The number of urea groups is 1. The number of ether oxygens (including phenoxy) is 2. The fourth-order valence-electron chi connectivity index (χ4n) is 3.46. The predicted octanol–water partition coefficient (Wildman–Crippen LogP) is 4.02. The molecule has 3 heterocycles. The number of nitrogens with zero attached hydrogens (tertiary/aromatic N) is 2. The Bertz CT molecular complexity index is 1010. The van der Waals surface area contributed by atoms with Crippen molar-refractivity contribution < 1.29 is 32.2 Å². The lowest BCUT2D eigenvalue weighted by Crippen LogP contribution is -2.38. The van der Waals surface area contributed by atoms with Crippen molar-refractivity contribution in [1.29, 1.82) is 0 Å². The summed E-state index contributed by atoms with van der Waals surface area (Å²) in [5.41, 5.74) is -1.70. The third kappa shape index (κ3) is 3.17. The monoisotopic (exact) mass is 421 g/mol. The molecule has 1 aromatic heterocycles. The van der Waals surface area contributed by atoms with E-state index in [1.807, 2.05) is 0 Å². The Kier molecular flexibility index (Phi) is 4.69. The molecule has 2 aromatic rings. The fraction of sp³-hybridized carbons (Fsp3) is 0.350. The van der Waals surface area contributed by atoms with Crippen molar-refractivity contribution in [2.75, 3.05) is 4.90 Å². The topological polar surface area (TPSA) is 80.8 Å². The Morgan fingerprint density at radius 3 is 2.67 bits per heavy atom. The first-order chi connectivity index (χ1) is 14.1. The molecule has 158 valence electrons. The van der Waals surface area contributed by atoms with Gasteiger partial charge in [0.2, 0.25) is 5.88 Å². The van der Waals surface area contributed by atoms with E-state index in [0.29, 0.717) is 12.0 Å². The van der Waals surface area contributed by atoms with Gasteiger partial charge in [-0.3, -0.25) is 4.79 Å². The minimum absolute atomic E-state index is 0.00550. The average Bonchev–Trinajstić information content (AvgIpc) is 3.19. The number of pyridine rings is 1. The first-order valence-electron chi connectivity index (χ1n) is 9.26.